The fourth-order valence-corrected chi connectivity index (χ4v) is 2.39. The van der Waals surface area contributed by atoms with Gasteiger partial charge in [-0.1, -0.05) is 13.8 Å². The highest BCUT2D eigenvalue weighted by molar-refractivity contribution is 9.10. The molecule has 0 radical (unpaired) electrons. The lowest BCUT2D eigenvalue weighted by Gasteiger charge is -2.18. The third-order valence-electron chi connectivity index (χ3n) is 2.77. The predicted molar refractivity (Wildman–Crippen MR) is 76.4 cm³/mol. The minimum atomic E-state index is -1.34. The molecule has 5 heteroatoms. The van der Waals surface area contributed by atoms with E-state index in [-0.39, 0.29) is 12.5 Å². The van der Waals surface area contributed by atoms with E-state index in [4.69, 9.17) is 9.47 Å². The molecule has 1 aromatic rings. The van der Waals surface area contributed by atoms with Crippen molar-refractivity contribution in [2.24, 2.45) is 0 Å². The van der Waals surface area contributed by atoms with Gasteiger partial charge in [0.25, 0.3) is 0 Å². The van der Waals surface area contributed by atoms with Gasteiger partial charge in [0.1, 0.15) is 5.75 Å². The Kier molecular flexibility index (Phi) is 5.82. The molecule has 0 amide bonds. The number of halogens is 1. The highest BCUT2D eigenvalue weighted by Crippen LogP contribution is 2.36. The van der Waals surface area contributed by atoms with Crippen LogP contribution in [-0.2, 0) is 9.53 Å². The maximum absolute atomic E-state index is 11.7. The number of aliphatic hydroxyl groups excluding tert-OH is 1. The number of esters is 1. The fourth-order valence-electron chi connectivity index (χ4n) is 1.74. The maximum Gasteiger partial charge on any atom is 0.339 e. The normalized spacial score (nSPS) is 12.4. The summed E-state index contributed by atoms with van der Waals surface area (Å²) in [6.07, 6.45) is -1.34. The van der Waals surface area contributed by atoms with Crippen molar-refractivity contribution >= 4 is 21.9 Å². The molecule has 0 aliphatic heterocycles. The third kappa shape index (κ3) is 3.70. The molecule has 1 N–H and O–H groups in total. The average Bonchev–Trinajstić information content (AvgIpc) is 2.36. The van der Waals surface area contributed by atoms with Gasteiger partial charge in [0, 0.05) is 5.56 Å². The second kappa shape index (κ2) is 6.91. The molecule has 0 bridgehead atoms. The van der Waals surface area contributed by atoms with Crippen LogP contribution >= 0.6 is 15.9 Å². The van der Waals surface area contributed by atoms with Crippen LogP contribution in [0.2, 0.25) is 0 Å². The molecule has 0 aliphatic rings. The number of aliphatic hydroxyl groups is 1. The van der Waals surface area contributed by atoms with E-state index in [2.05, 4.69) is 15.9 Å². The molecule has 0 saturated heterocycles. The van der Waals surface area contributed by atoms with Gasteiger partial charge in [-0.25, -0.2) is 4.79 Å². The fraction of sp³-hybridized carbons (Fsp3) is 0.500. The summed E-state index contributed by atoms with van der Waals surface area (Å²) >= 11 is 3.39. The Labute approximate surface area is 121 Å². The van der Waals surface area contributed by atoms with E-state index in [1.165, 1.54) is 7.11 Å². The first-order valence-electron chi connectivity index (χ1n) is 6.14. The summed E-state index contributed by atoms with van der Waals surface area (Å²) in [7, 11) is 1.50. The molecule has 19 heavy (non-hydrogen) atoms. The molecule has 0 aromatic heterocycles. The molecule has 0 heterocycles. The molecule has 0 saturated carbocycles. The molecular formula is C14H19BrO4. The Bertz CT molecular complexity index is 457. The lowest BCUT2D eigenvalue weighted by atomic mass is 9.98. The number of methoxy groups -OCH3 is 1. The van der Waals surface area contributed by atoms with Crippen molar-refractivity contribution in [2.75, 3.05) is 13.7 Å². The van der Waals surface area contributed by atoms with E-state index >= 15 is 0 Å². The number of benzene rings is 1. The smallest absolute Gasteiger partial charge is 0.339 e. The topological polar surface area (TPSA) is 55.8 Å². The Morgan fingerprint density at radius 3 is 2.53 bits per heavy atom. The zero-order chi connectivity index (χ0) is 14.6. The summed E-state index contributed by atoms with van der Waals surface area (Å²) in [6.45, 7) is 6.00. The molecular weight excluding hydrogens is 312 g/mol. The second-order valence-corrected chi connectivity index (χ2v) is 5.29. The number of hydrogen-bond acceptors (Lipinski definition) is 4. The minimum Gasteiger partial charge on any atom is -0.495 e. The summed E-state index contributed by atoms with van der Waals surface area (Å²) in [5.74, 6) is 0.0499. The average molecular weight is 331 g/mol. The molecule has 1 unspecified atom stereocenters. The van der Waals surface area contributed by atoms with Crippen molar-refractivity contribution in [1.82, 2.24) is 0 Å². The third-order valence-corrected chi connectivity index (χ3v) is 3.36. The van der Waals surface area contributed by atoms with E-state index in [9.17, 15) is 9.90 Å². The largest absolute Gasteiger partial charge is 0.495 e. The molecule has 1 aromatic carbocycles. The molecule has 4 nitrogen and oxygen atoms in total. The van der Waals surface area contributed by atoms with Crippen LogP contribution in [0.4, 0.5) is 0 Å². The first kappa shape index (κ1) is 16.0. The van der Waals surface area contributed by atoms with Crippen molar-refractivity contribution in [3.63, 3.8) is 0 Å². The van der Waals surface area contributed by atoms with Gasteiger partial charge in [-0.3, -0.25) is 0 Å². The number of hydrogen-bond donors (Lipinski definition) is 1. The van der Waals surface area contributed by atoms with Crippen LogP contribution in [0, 0.1) is 0 Å². The Balaban J connectivity index is 3.26. The van der Waals surface area contributed by atoms with Crippen LogP contribution in [-0.4, -0.2) is 24.8 Å². The SMILES string of the molecule is CCOC(=O)C(O)c1cc(C(C)C)cc(Br)c1OC. The standard InChI is InChI=1S/C14H19BrO4/c1-5-19-14(17)12(16)10-6-9(8(2)3)7-11(15)13(10)18-4/h6-8,12,16H,5H2,1-4H3. The summed E-state index contributed by atoms with van der Waals surface area (Å²) < 4.78 is 10.8. The maximum atomic E-state index is 11.7. The molecule has 0 fully saturated rings. The molecule has 0 spiro atoms. The van der Waals surface area contributed by atoms with Crippen molar-refractivity contribution in [2.45, 2.75) is 32.8 Å². The Morgan fingerprint density at radius 2 is 2.05 bits per heavy atom. The minimum absolute atomic E-state index is 0.225. The lowest BCUT2D eigenvalue weighted by molar-refractivity contribution is -0.153. The number of carbonyl (C=O) groups is 1. The van der Waals surface area contributed by atoms with Crippen molar-refractivity contribution in [3.05, 3.63) is 27.7 Å². The van der Waals surface area contributed by atoms with Gasteiger partial charge in [0.2, 0.25) is 0 Å². The highest BCUT2D eigenvalue weighted by atomic mass is 79.9. The first-order chi connectivity index (χ1) is 8.92. The second-order valence-electron chi connectivity index (χ2n) is 4.43. The van der Waals surface area contributed by atoms with E-state index in [1.807, 2.05) is 19.9 Å². The lowest BCUT2D eigenvalue weighted by Crippen LogP contribution is -2.16. The molecule has 106 valence electrons. The first-order valence-corrected chi connectivity index (χ1v) is 6.93. The van der Waals surface area contributed by atoms with Gasteiger partial charge >= 0.3 is 5.97 Å². The number of ether oxygens (including phenoxy) is 2. The van der Waals surface area contributed by atoms with E-state index in [0.717, 1.165) is 5.56 Å². The van der Waals surface area contributed by atoms with E-state index < -0.39 is 12.1 Å². The predicted octanol–water partition coefficient (Wildman–Crippen LogP) is 3.18. The molecule has 1 atom stereocenters. The van der Waals surface area contributed by atoms with Gasteiger partial charge in [0.15, 0.2) is 6.10 Å². The summed E-state index contributed by atoms with van der Waals surface area (Å²) in [5, 5.41) is 10.1. The van der Waals surface area contributed by atoms with Gasteiger partial charge in [-0.15, -0.1) is 0 Å². The molecule has 1 rings (SSSR count). The highest BCUT2D eigenvalue weighted by Gasteiger charge is 2.25. The van der Waals surface area contributed by atoms with Crippen molar-refractivity contribution in [3.8, 4) is 5.75 Å². The van der Waals surface area contributed by atoms with E-state index in [0.29, 0.717) is 15.8 Å². The Morgan fingerprint density at radius 1 is 1.42 bits per heavy atom. The van der Waals surface area contributed by atoms with Crippen LogP contribution in [0.15, 0.2) is 16.6 Å². The summed E-state index contributed by atoms with van der Waals surface area (Å²) in [5.41, 5.74) is 1.42. The van der Waals surface area contributed by atoms with Crippen LogP contribution in [0.25, 0.3) is 0 Å². The van der Waals surface area contributed by atoms with E-state index in [1.54, 1.807) is 13.0 Å². The zero-order valence-corrected chi connectivity index (χ0v) is 13.2. The van der Waals surface area contributed by atoms with Crippen LogP contribution in [0.3, 0.4) is 0 Å². The molecule has 0 aliphatic carbocycles. The van der Waals surface area contributed by atoms with Gasteiger partial charge < -0.3 is 14.6 Å². The number of rotatable bonds is 5. The van der Waals surface area contributed by atoms with Crippen LogP contribution < -0.4 is 4.74 Å². The van der Waals surface area contributed by atoms with Gasteiger partial charge in [0.05, 0.1) is 18.2 Å². The summed E-state index contributed by atoms with van der Waals surface area (Å²) in [4.78, 5) is 11.7. The van der Waals surface area contributed by atoms with Gasteiger partial charge in [-0.05, 0) is 46.5 Å². The quantitative estimate of drug-likeness (QED) is 0.842. The number of carbonyl (C=O) groups excluding carboxylic acids is 1. The summed E-state index contributed by atoms with van der Waals surface area (Å²) in [6, 6.07) is 3.70. The van der Waals surface area contributed by atoms with Crippen molar-refractivity contribution in [1.29, 1.82) is 0 Å². The van der Waals surface area contributed by atoms with Crippen molar-refractivity contribution < 1.29 is 19.4 Å². The monoisotopic (exact) mass is 330 g/mol. The van der Waals surface area contributed by atoms with Gasteiger partial charge in [-0.2, -0.15) is 0 Å². The van der Waals surface area contributed by atoms with Crippen LogP contribution in [0.1, 0.15) is 43.9 Å². The Hall–Kier alpha value is -1.07. The van der Waals surface area contributed by atoms with Crippen LogP contribution in [0.5, 0.6) is 5.75 Å². The zero-order valence-electron chi connectivity index (χ0n) is 11.6.